The summed E-state index contributed by atoms with van der Waals surface area (Å²) < 4.78 is 23.2. The fourth-order valence-electron chi connectivity index (χ4n) is 3.35. The highest BCUT2D eigenvalue weighted by Crippen LogP contribution is 2.24. The third-order valence-electron chi connectivity index (χ3n) is 4.92. The zero-order chi connectivity index (χ0) is 20.3. The zero-order valence-electron chi connectivity index (χ0n) is 16.0. The van der Waals surface area contributed by atoms with Crippen molar-refractivity contribution >= 4 is 27.3 Å². The summed E-state index contributed by atoms with van der Waals surface area (Å²) in [7, 11) is -3.26. The van der Waals surface area contributed by atoms with Gasteiger partial charge in [0, 0.05) is 30.5 Å². The number of carbonyl (C=O) groups is 2. The molecule has 0 bridgehead atoms. The second kappa shape index (κ2) is 8.14. The summed E-state index contributed by atoms with van der Waals surface area (Å²) >= 11 is 0. The minimum absolute atomic E-state index is 0.0787. The number of hydrogen-bond acceptors (Lipinski definition) is 4. The molecule has 6 nitrogen and oxygen atoms in total. The highest BCUT2D eigenvalue weighted by Gasteiger charge is 2.23. The van der Waals surface area contributed by atoms with Crippen LogP contribution < -0.4 is 10.2 Å². The molecule has 1 fully saturated rings. The molecule has 0 radical (unpaired) electrons. The van der Waals surface area contributed by atoms with Crippen molar-refractivity contribution in [2.75, 3.05) is 17.7 Å². The highest BCUT2D eigenvalue weighted by atomic mass is 32.2. The van der Waals surface area contributed by atoms with E-state index in [9.17, 15) is 18.0 Å². The first-order valence-corrected chi connectivity index (χ1v) is 11.2. The van der Waals surface area contributed by atoms with Crippen LogP contribution in [0.1, 0.15) is 48.1 Å². The van der Waals surface area contributed by atoms with Crippen molar-refractivity contribution in [3.8, 4) is 0 Å². The summed E-state index contributed by atoms with van der Waals surface area (Å²) in [5, 5.41) is 2.99. The minimum Gasteiger partial charge on any atom is -0.345 e. The van der Waals surface area contributed by atoms with E-state index in [-0.39, 0.29) is 22.8 Å². The quantitative estimate of drug-likeness (QED) is 0.808. The lowest BCUT2D eigenvalue weighted by molar-refractivity contribution is -0.117. The molecule has 0 aromatic heterocycles. The van der Waals surface area contributed by atoms with E-state index in [1.54, 1.807) is 47.4 Å². The maximum atomic E-state index is 12.8. The number of carbonyl (C=O) groups excluding carboxylic acids is 2. The summed E-state index contributed by atoms with van der Waals surface area (Å²) in [6.07, 6.45) is 3.20. The van der Waals surface area contributed by atoms with Crippen LogP contribution in [0.25, 0.3) is 0 Å². The zero-order valence-corrected chi connectivity index (χ0v) is 16.8. The van der Waals surface area contributed by atoms with E-state index >= 15 is 0 Å². The molecule has 2 aromatic rings. The Morgan fingerprint density at radius 2 is 1.89 bits per heavy atom. The molecule has 2 aromatic carbocycles. The molecular weight excluding hydrogens is 376 g/mol. The molecule has 7 heteroatoms. The summed E-state index contributed by atoms with van der Waals surface area (Å²) in [5.74, 6) is -0.150. The average molecular weight is 401 g/mol. The standard InChI is InChI=1S/C21H24N2O4S/c1-3-19(15-9-11-18(12-10-15)28(2,26)27)22-21(25)16-6-4-7-17(14-16)23-13-5-8-20(23)24/h4,6-7,9-12,14,19H,3,5,8,13H2,1-2H3,(H,22,25)/t19-/m1/s1. The highest BCUT2D eigenvalue weighted by molar-refractivity contribution is 7.90. The number of nitrogens with one attached hydrogen (secondary N) is 1. The molecule has 0 aliphatic carbocycles. The lowest BCUT2D eigenvalue weighted by Gasteiger charge is -2.19. The van der Waals surface area contributed by atoms with E-state index in [0.717, 1.165) is 17.7 Å². The second-order valence-electron chi connectivity index (χ2n) is 6.97. The van der Waals surface area contributed by atoms with Gasteiger partial charge in [0.1, 0.15) is 0 Å². The van der Waals surface area contributed by atoms with Crippen LogP contribution in [0.3, 0.4) is 0 Å². The fourth-order valence-corrected chi connectivity index (χ4v) is 3.98. The molecule has 1 atom stereocenters. The van der Waals surface area contributed by atoms with Gasteiger partial charge in [-0.2, -0.15) is 0 Å². The summed E-state index contributed by atoms with van der Waals surface area (Å²) in [4.78, 5) is 26.7. The van der Waals surface area contributed by atoms with Crippen molar-refractivity contribution in [3.05, 3.63) is 59.7 Å². The van der Waals surface area contributed by atoms with Crippen LogP contribution in [-0.4, -0.2) is 33.0 Å². The van der Waals surface area contributed by atoms with E-state index < -0.39 is 9.84 Å². The third-order valence-corrected chi connectivity index (χ3v) is 6.05. The Hall–Kier alpha value is -2.67. The van der Waals surface area contributed by atoms with Gasteiger partial charge >= 0.3 is 0 Å². The molecule has 1 N–H and O–H groups in total. The van der Waals surface area contributed by atoms with Crippen molar-refractivity contribution < 1.29 is 18.0 Å². The van der Waals surface area contributed by atoms with Gasteiger partial charge < -0.3 is 10.2 Å². The molecule has 0 spiro atoms. The molecule has 1 heterocycles. The molecule has 2 amide bonds. The first kappa shape index (κ1) is 20.1. The molecule has 0 unspecified atom stereocenters. The van der Waals surface area contributed by atoms with E-state index in [2.05, 4.69) is 5.32 Å². The Balaban J connectivity index is 1.76. The van der Waals surface area contributed by atoms with Crippen LogP contribution in [0.15, 0.2) is 53.4 Å². The predicted molar refractivity (Wildman–Crippen MR) is 108 cm³/mol. The van der Waals surface area contributed by atoms with Crippen LogP contribution in [0.2, 0.25) is 0 Å². The molecule has 28 heavy (non-hydrogen) atoms. The van der Waals surface area contributed by atoms with Gasteiger partial charge in [0.2, 0.25) is 5.91 Å². The Bertz CT molecular complexity index is 984. The van der Waals surface area contributed by atoms with E-state index in [0.29, 0.717) is 24.9 Å². The van der Waals surface area contributed by atoms with Crippen LogP contribution >= 0.6 is 0 Å². The van der Waals surface area contributed by atoms with Gasteiger partial charge in [0.05, 0.1) is 10.9 Å². The Morgan fingerprint density at radius 1 is 1.18 bits per heavy atom. The summed E-state index contributed by atoms with van der Waals surface area (Å²) in [6.45, 7) is 2.63. The monoisotopic (exact) mass is 400 g/mol. The summed E-state index contributed by atoms with van der Waals surface area (Å²) in [5.41, 5.74) is 2.07. The molecule has 1 aliphatic rings. The molecule has 0 saturated carbocycles. The van der Waals surface area contributed by atoms with Crippen LogP contribution in [-0.2, 0) is 14.6 Å². The van der Waals surface area contributed by atoms with Gasteiger partial charge in [0.15, 0.2) is 9.84 Å². The van der Waals surface area contributed by atoms with Crippen LogP contribution in [0, 0.1) is 0 Å². The molecular formula is C21H24N2O4S. The third kappa shape index (κ3) is 4.42. The van der Waals surface area contributed by atoms with Gasteiger partial charge in [-0.1, -0.05) is 25.1 Å². The van der Waals surface area contributed by atoms with Crippen molar-refractivity contribution in [2.24, 2.45) is 0 Å². The number of sulfone groups is 1. The number of nitrogens with zero attached hydrogens (tertiary/aromatic N) is 1. The van der Waals surface area contributed by atoms with Crippen LogP contribution in [0.4, 0.5) is 5.69 Å². The van der Waals surface area contributed by atoms with E-state index in [1.807, 2.05) is 13.0 Å². The normalized spacial score (nSPS) is 15.5. The first-order chi connectivity index (χ1) is 13.3. The van der Waals surface area contributed by atoms with E-state index in [4.69, 9.17) is 0 Å². The molecule has 1 saturated heterocycles. The number of rotatable bonds is 6. The minimum atomic E-state index is -3.26. The van der Waals surface area contributed by atoms with Gasteiger partial charge in [-0.3, -0.25) is 9.59 Å². The van der Waals surface area contributed by atoms with E-state index in [1.165, 1.54) is 6.26 Å². The van der Waals surface area contributed by atoms with Crippen molar-refractivity contribution in [1.29, 1.82) is 0 Å². The number of amides is 2. The maximum Gasteiger partial charge on any atom is 0.251 e. The Kier molecular flexibility index (Phi) is 5.84. The van der Waals surface area contributed by atoms with Crippen molar-refractivity contribution in [1.82, 2.24) is 5.32 Å². The Morgan fingerprint density at radius 3 is 2.46 bits per heavy atom. The summed E-state index contributed by atoms with van der Waals surface area (Å²) in [6, 6.07) is 13.4. The molecule has 1 aliphatic heterocycles. The van der Waals surface area contributed by atoms with Gasteiger partial charge in [-0.05, 0) is 48.7 Å². The topological polar surface area (TPSA) is 83.6 Å². The van der Waals surface area contributed by atoms with Gasteiger partial charge in [-0.15, -0.1) is 0 Å². The first-order valence-electron chi connectivity index (χ1n) is 9.31. The second-order valence-corrected chi connectivity index (χ2v) is 8.99. The van der Waals surface area contributed by atoms with Crippen molar-refractivity contribution in [3.63, 3.8) is 0 Å². The number of benzene rings is 2. The molecule has 148 valence electrons. The molecule has 3 rings (SSSR count). The number of anilines is 1. The largest absolute Gasteiger partial charge is 0.345 e. The lowest BCUT2D eigenvalue weighted by Crippen LogP contribution is -2.29. The maximum absolute atomic E-state index is 12.8. The number of hydrogen-bond donors (Lipinski definition) is 1. The fraction of sp³-hybridized carbons (Fsp3) is 0.333. The van der Waals surface area contributed by atoms with Crippen molar-refractivity contribution in [2.45, 2.75) is 37.1 Å². The Labute approximate surface area is 165 Å². The van der Waals surface area contributed by atoms with Crippen LogP contribution in [0.5, 0.6) is 0 Å². The SMILES string of the molecule is CC[C@@H](NC(=O)c1cccc(N2CCCC2=O)c1)c1ccc(S(C)(=O)=O)cc1. The smallest absolute Gasteiger partial charge is 0.251 e. The lowest BCUT2D eigenvalue weighted by atomic mass is 10.0. The van der Waals surface area contributed by atoms with Gasteiger partial charge in [0.25, 0.3) is 5.91 Å². The van der Waals surface area contributed by atoms with Gasteiger partial charge in [-0.25, -0.2) is 8.42 Å². The predicted octanol–water partition coefficient (Wildman–Crippen LogP) is 3.10. The average Bonchev–Trinajstić information content (AvgIpc) is 3.11.